The van der Waals surface area contributed by atoms with Gasteiger partial charge in [0.15, 0.2) is 0 Å². The number of aromatic nitrogens is 4. The number of aliphatic hydroxyl groups is 1. The lowest BCUT2D eigenvalue weighted by Gasteiger charge is -2.28. The second-order valence-corrected chi connectivity index (χ2v) is 9.23. The molecule has 5 rings (SSSR count). The van der Waals surface area contributed by atoms with Crippen molar-refractivity contribution in [3.8, 4) is 11.1 Å². The summed E-state index contributed by atoms with van der Waals surface area (Å²) in [4.78, 5) is 11.4. The van der Waals surface area contributed by atoms with Crippen LogP contribution in [0.2, 0.25) is 0 Å². The van der Waals surface area contributed by atoms with Crippen molar-refractivity contribution in [2.24, 2.45) is 0 Å². The van der Waals surface area contributed by atoms with Gasteiger partial charge < -0.3 is 24.8 Å². The van der Waals surface area contributed by atoms with Crippen LogP contribution < -0.4 is 10.2 Å². The molecule has 3 aromatic heterocycles. The van der Waals surface area contributed by atoms with Gasteiger partial charge in [0.25, 0.3) is 0 Å². The number of fused-ring (bicyclic) bond motifs is 1. The van der Waals surface area contributed by atoms with E-state index in [2.05, 4.69) is 32.3 Å². The van der Waals surface area contributed by atoms with Crippen molar-refractivity contribution >= 4 is 17.3 Å². The summed E-state index contributed by atoms with van der Waals surface area (Å²) < 4.78 is 34.1. The number of morpholine rings is 1. The summed E-state index contributed by atoms with van der Waals surface area (Å²) in [6.07, 6.45) is 6.70. The van der Waals surface area contributed by atoms with Gasteiger partial charge in [-0.15, -0.1) is 5.10 Å². The molecule has 9 heteroatoms. The Morgan fingerprint density at radius 1 is 1.24 bits per heavy atom. The fourth-order valence-electron chi connectivity index (χ4n) is 4.91. The quantitative estimate of drug-likeness (QED) is 0.545. The fraction of sp³-hybridized carbons (Fsp3) is 0.560. The summed E-state index contributed by atoms with van der Waals surface area (Å²) in [5, 5.41) is 18.0. The van der Waals surface area contributed by atoms with Crippen molar-refractivity contribution in [1.82, 2.24) is 19.6 Å². The number of hydrogen-bond donors (Lipinski definition) is 2. The third kappa shape index (κ3) is 4.87. The molecule has 1 aliphatic carbocycles. The highest BCUT2D eigenvalue weighted by molar-refractivity contribution is 5.82. The molecule has 2 N–H and O–H groups in total. The minimum absolute atomic E-state index is 0.00350. The van der Waals surface area contributed by atoms with E-state index in [0.717, 1.165) is 66.9 Å². The molecular weight excluding hydrogens is 432 g/mol. The molecule has 1 saturated carbocycles. The van der Waals surface area contributed by atoms with E-state index in [1.54, 1.807) is 6.20 Å². The normalized spacial score (nSPS) is 23.8. The maximum absolute atomic E-state index is 10.1. The lowest BCUT2D eigenvalue weighted by molar-refractivity contribution is 0.121. The van der Waals surface area contributed by atoms with Crippen LogP contribution in [-0.2, 0) is 9.47 Å². The lowest BCUT2D eigenvalue weighted by atomic mass is 9.85. The van der Waals surface area contributed by atoms with Gasteiger partial charge >= 0.3 is 0 Å². The van der Waals surface area contributed by atoms with E-state index in [1.165, 1.54) is 0 Å². The molecule has 1 aliphatic heterocycles. The Labute approximate surface area is 204 Å². The molecule has 0 unspecified atom stereocenters. The summed E-state index contributed by atoms with van der Waals surface area (Å²) in [5.41, 5.74) is 4.04. The number of anilines is 2. The van der Waals surface area contributed by atoms with Crippen LogP contribution in [0.3, 0.4) is 0 Å². The predicted molar refractivity (Wildman–Crippen MR) is 131 cm³/mol. The van der Waals surface area contributed by atoms with Crippen LogP contribution in [0, 0.1) is 0 Å². The van der Waals surface area contributed by atoms with E-state index in [0.29, 0.717) is 19.2 Å². The first-order chi connectivity index (χ1) is 17.8. The largest absolute Gasteiger partial charge is 0.393 e. The summed E-state index contributed by atoms with van der Waals surface area (Å²) >= 11 is 0. The monoisotopic (exact) mass is 469 g/mol. The number of ether oxygens (including phenoxy) is 2. The highest BCUT2D eigenvalue weighted by atomic mass is 16.5. The molecule has 2 aliphatic rings. The predicted octanol–water partition coefficient (Wildman–Crippen LogP) is 3.09. The van der Waals surface area contributed by atoms with E-state index in [1.807, 2.05) is 23.7 Å². The molecule has 1 saturated heterocycles. The Hall–Kier alpha value is -2.75. The zero-order chi connectivity index (χ0) is 26.0. The lowest BCUT2D eigenvalue weighted by Crippen LogP contribution is -2.36. The minimum atomic E-state index is -2.45. The molecule has 0 bridgehead atoms. The first kappa shape index (κ1) is 19.5. The number of pyridine rings is 1. The number of nitrogens with zero attached hydrogens (tertiary/aromatic N) is 5. The van der Waals surface area contributed by atoms with Crippen molar-refractivity contribution in [3.63, 3.8) is 0 Å². The second kappa shape index (κ2) is 10.2. The second-order valence-electron chi connectivity index (χ2n) is 9.23. The van der Waals surface area contributed by atoms with Gasteiger partial charge in [0.2, 0.25) is 5.95 Å². The first-order valence-corrected chi connectivity index (χ1v) is 12.0. The number of rotatable bonds is 7. The van der Waals surface area contributed by atoms with Crippen LogP contribution in [-0.4, -0.2) is 76.8 Å². The molecule has 0 amide bonds. The van der Waals surface area contributed by atoms with Gasteiger partial charge in [-0.05, 0) is 56.4 Å². The Bertz CT molecular complexity index is 1210. The van der Waals surface area contributed by atoms with Crippen LogP contribution >= 0.6 is 0 Å². The molecule has 9 nitrogen and oxygen atoms in total. The standard InChI is InChI=1S/C25H34N6O3/c1-17(16-33-2)28-25-27-15-23-21(14-22(31(23)29-25)18-3-5-20(32)6-4-18)19-7-8-26-24(13-19)30-9-11-34-12-10-30/h7-8,13-15,17-18,20,32H,3-6,9-12,16H2,1-2H3,(H,28,29)/t17-,18?,20?/m0/s1/i2D3. The molecule has 2 fully saturated rings. The molecule has 0 spiro atoms. The van der Waals surface area contributed by atoms with E-state index in [-0.39, 0.29) is 24.7 Å². The SMILES string of the molecule is [2H]C([2H])([2H])OC[C@H](C)Nc1ncc2c(-c3ccnc(N4CCOCC4)c3)cc(C3CCC(O)CC3)n2n1. The van der Waals surface area contributed by atoms with E-state index in [9.17, 15) is 5.11 Å². The average Bonchev–Trinajstić information content (AvgIpc) is 3.27. The Morgan fingerprint density at radius 3 is 2.85 bits per heavy atom. The van der Waals surface area contributed by atoms with Gasteiger partial charge in [-0.25, -0.2) is 14.5 Å². The average molecular weight is 470 g/mol. The number of hydrogen-bond acceptors (Lipinski definition) is 8. The highest BCUT2D eigenvalue weighted by Gasteiger charge is 2.26. The van der Waals surface area contributed by atoms with Gasteiger partial charge in [0.05, 0.1) is 41.8 Å². The molecular formula is C25H34N6O3. The van der Waals surface area contributed by atoms with Crippen LogP contribution in [0.25, 0.3) is 16.6 Å². The van der Waals surface area contributed by atoms with E-state index in [4.69, 9.17) is 18.7 Å². The van der Waals surface area contributed by atoms with Crippen molar-refractivity contribution in [2.45, 2.75) is 50.7 Å². The van der Waals surface area contributed by atoms with Gasteiger partial charge in [-0.3, -0.25) is 0 Å². The first-order valence-electron chi connectivity index (χ1n) is 13.5. The fourth-order valence-corrected chi connectivity index (χ4v) is 4.91. The van der Waals surface area contributed by atoms with Crippen LogP contribution in [0.4, 0.5) is 11.8 Å². The molecule has 1 atom stereocenters. The van der Waals surface area contributed by atoms with Crippen LogP contribution in [0.1, 0.15) is 48.3 Å². The summed E-state index contributed by atoms with van der Waals surface area (Å²) in [6.45, 7) is 4.84. The van der Waals surface area contributed by atoms with E-state index < -0.39 is 7.04 Å². The number of aliphatic hydroxyl groups excluding tert-OH is 1. The zero-order valence-corrected chi connectivity index (χ0v) is 19.5. The summed E-state index contributed by atoms with van der Waals surface area (Å²) in [6, 6.07) is 6.01. The van der Waals surface area contributed by atoms with Crippen molar-refractivity contribution in [3.05, 3.63) is 36.3 Å². The summed E-state index contributed by atoms with van der Waals surface area (Å²) in [7, 11) is -2.45. The van der Waals surface area contributed by atoms with Crippen molar-refractivity contribution in [1.29, 1.82) is 0 Å². The van der Waals surface area contributed by atoms with Crippen LogP contribution in [0.5, 0.6) is 0 Å². The molecule has 0 aromatic carbocycles. The van der Waals surface area contributed by atoms with Crippen molar-refractivity contribution < 1.29 is 18.7 Å². The van der Waals surface area contributed by atoms with E-state index >= 15 is 0 Å². The maximum atomic E-state index is 10.1. The maximum Gasteiger partial charge on any atom is 0.241 e. The van der Waals surface area contributed by atoms with Gasteiger partial charge in [0, 0.05) is 49.5 Å². The molecule has 182 valence electrons. The van der Waals surface area contributed by atoms with Crippen LogP contribution in [0.15, 0.2) is 30.6 Å². The smallest absolute Gasteiger partial charge is 0.241 e. The molecule has 4 heterocycles. The number of methoxy groups -OCH3 is 1. The van der Waals surface area contributed by atoms with Gasteiger partial charge in [-0.2, -0.15) is 0 Å². The third-order valence-corrected chi connectivity index (χ3v) is 6.76. The van der Waals surface area contributed by atoms with Gasteiger partial charge in [-0.1, -0.05) is 0 Å². The molecule has 34 heavy (non-hydrogen) atoms. The van der Waals surface area contributed by atoms with Crippen molar-refractivity contribution in [2.75, 3.05) is 50.2 Å². The third-order valence-electron chi connectivity index (χ3n) is 6.76. The Morgan fingerprint density at radius 2 is 2.06 bits per heavy atom. The highest BCUT2D eigenvalue weighted by Crippen LogP contribution is 2.38. The van der Waals surface area contributed by atoms with Gasteiger partial charge in [0.1, 0.15) is 5.82 Å². The Kier molecular flexibility index (Phi) is 5.89. The topological polar surface area (TPSA) is 97.0 Å². The zero-order valence-electron chi connectivity index (χ0n) is 22.5. The molecule has 3 aromatic rings. The minimum Gasteiger partial charge on any atom is -0.393 e. The summed E-state index contributed by atoms with van der Waals surface area (Å²) in [5.74, 6) is 1.59. The number of nitrogens with one attached hydrogen (secondary N) is 1. The molecule has 0 radical (unpaired) electrons. The Balaban J connectivity index is 1.48.